The second-order valence-corrected chi connectivity index (χ2v) is 7.84. The minimum absolute atomic E-state index is 0.105. The van der Waals surface area contributed by atoms with Crippen molar-refractivity contribution in [3.05, 3.63) is 65.0 Å². The normalized spacial score (nSPS) is 12.6. The minimum atomic E-state index is -3.54. The Hall–Kier alpha value is -2.25. The number of sulfonamides is 1. The molecule has 134 valence electrons. The van der Waals surface area contributed by atoms with E-state index in [9.17, 15) is 17.6 Å². The summed E-state index contributed by atoms with van der Waals surface area (Å²) in [6, 6.07) is 10.2. The van der Waals surface area contributed by atoms with Crippen LogP contribution in [0.5, 0.6) is 0 Å². The second kappa shape index (κ2) is 7.76. The summed E-state index contributed by atoms with van der Waals surface area (Å²) >= 11 is 0. The fourth-order valence-corrected chi connectivity index (χ4v) is 3.26. The SMILES string of the molecule is Cc1ccc(NC(=O)C[C@@H](NS(C)(=O)=O)c2ccc(F)cc2)c(C)c1. The molecule has 2 N–H and O–H groups in total. The molecular weight excluding hydrogens is 343 g/mol. The first-order valence-electron chi connectivity index (χ1n) is 7.74. The summed E-state index contributed by atoms with van der Waals surface area (Å²) in [4.78, 5) is 12.4. The van der Waals surface area contributed by atoms with E-state index in [1.807, 2.05) is 26.0 Å². The molecule has 7 heteroatoms. The van der Waals surface area contributed by atoms with Crippen LogP contribution in [-0.4, -0.2) is 20.6 Å². The van der Waals surface area contributed by atoms with Crippen LogP contribution in [0.25, 0.3) is 0 Å². The molecule has 0 saturated carbocycles. The predicted molar refractivity (Wildman–Crippen MR) is 96.3 cm³/mol. The zero-order valence-corrected chi connectivity index (χ0v) is 15.2. The Labute approximate surface area is 147 Å². The van der Waals surface area contributed by atoms with E-state index in [0.29, 0.717) is 11.3 Å². The van der Waals surface area contributed by atoms with E-state index in [1.54, 1.807) is 6.07 Å². The maximum absolute atomic E-state index is 13.1. The third-order valence-corrected chi connectivity index (χ3v) is 4.39. The lowest BCUT2D eigenvalue weighted by atomic mass is 10.0. The molecule has 0 radical (unpaired) electrons. The van der Waals surface area contributed by atoms with Crippen molar-refractivity contribution in [3.8, 4) is 0 Å². The zero-order chi connectivity index (χ0) is 18.6. The van der Waals surface area contributed by atoms with E-state index in [1.165, 1.54) is 24.3 Å². The number of hydrogen-bond donors (Lipinski definition) is 2. The van der Waals surface area contributed by atoms with E-state index in [4.69, 9.17) is 0 Å². The molecule has 2 aromatic carbocycles. The van der Waals surface area contributed by atoms with Gasteiger partial charge in [-0.1, -0.05) is 29.8 Å². The smallest absolute Gasteiger partial charge is 0.226 e. The van der Waals surface area contributed by atoms with E-state index < -0.39 is 21.9 Å². The van der Waals surface area contributed by atoms with E-state index in [0.717, 1.165) is 17.4 Å². The van der Waals surface area contributed by atoms with Gasteiger partial charge in [0.05, 0.1) is 12.3 Å². The molecule has 0 saturated heterocycles. The van der Waals surface area contributed by atoms with Crippen LogP contribution < -0.4 is 10.0 Å². The van der Waals surface area contributed by atoms with Gasteiger partial charge in [-0.15, -0.1) is 0 Å². The van der Waals surface area contributed by atoms with Crippen molar-refractivity contribution in [1.29, 1.82) is 0 Å². The molecule has 0 aliphatic heterocycles. The van der Waals surface area contributed by atoms with Gasteiger partial charge in [-0.3, -0.25) is 4.79 Å². The van der Waals surface area contributed by atoms with Gasteiger partial charge >= 0.3 is 0 Å². The lowest BCUT2D eigenvalue weighted by molar-refractivity contribution is -0.116. The van der Waals surface area contributed by atoms with Crippen LogP contribution in [0.2, 0.25) is 0 Å². The molecule has 1 amide bonds. The van der Waals surface area contributed by atoms with E-state index in [2.05, 4.69) is 10.0 Å². The summed E-state index contributed by atoms with van der Waals surface area (Å²) in [5, 5.41) is 2.79. The van der Waals surface area contributed by atoms with Crippen molar-refractivity contribution in [1.82, 2.24) is 4.72 Å². The fraction of sp³-hybridized carbons (Fsp3) is 0.278. The molecule has 25 heavy (non-hydrogen) atoms. The highest BCUT2D eigenvalue weighted by Gasteiger charge is 2.20. The van der Waals surface area contributed by atoms with Gasteiger partial charge in [0.2, 0.25) is 15.9 Å². The van der Waals surface area contributed by atoms with Crippen molar-refractivity contribution < 1.29 is 17.6 Å². The Kier molecular flexibility index (Phi) is 5.92. The number of aryl methyl sites for hydroxylation is 2. The predicted octanol–water partition coefficient (Wildman–Crippen LogP) is 3.06. The summed E-state index contributed by atoms with van der Waals surface area (Å²) in [5.74, 6) is -0.765. The van der Waals surface area contributed by atoms with Crippen LogP contribution >= 0.6 is 0 Å². The number of anilines is 1. The molecule has 2 aromatic rings. The number of carbonyl (C=O) groups excluding carboxylic acids is 1. The summed E-state index contributed by atoms with van der Waals surface area (Å²) in [6.45, 7) is 3.84. The van der Waals surface area contributed by atoms with Crippen LogP contribution in [-0.2, 0) is 14.8 Å². The topological polar surface area (TPSA) is 75.3 Å². The lowest BCUT2D eigenvalue weighted by Crippen LogP contribution is -2.30. The summed E-state index contributed by atoms with van der Waals surface area (Å²) in [7, 11) is -3.54. The number of amides is 1. The van der Waals surface area contributed by atoms with Crippen LogP contribution in [0.15, 0.2) is 42.5 Å². The van der Waals surface area contributed by atoms with Crippen molar-refractivity contribution in [3.63, 3.8) is 0 Å². The van der Waals surface area contributed by atoms with Crippen molar-refractivity contribution in [2.75, 3.05) is 11.6 Å². The maximum Gasteiger partial charge on any atom is 0.226 e. The second-order valence-electron chi connectivity index (χ2n) is 6.06. The van der Waals surface area contributed by atoms with Crippen molar-refractivity contribution in [2.24, 2.45) is 0 Å². The van der Waals surface area contributed by atoms with Crippen LogP contribution in [0.4, 0.5) is 10.1 Å². The zero-order valence-electron chi connectivity index (χ0n) is 14.3. The largest absolute Gasteiger partial charge is 0.326 e. The van der Waals surface area contributed by atoms with Crippen LogP contribution in [0.3, 0.4) is 0 Å². The number of rotatable bonds is 6. The molecule has 0 fully saturated rings. The molecule has 0 spiro atoms. The molecule has 1 atom stereocenters. The lowest BCUT2D eigenvalue weighted by Gasteiger charge is -2.18. The molecule has 5 nitrogen and oxygen atoms in total. The molecule has 0 aromatic heterocycles. The van der Waals surface area contributed by atoms with Crippen molar-refractivity contribution >= 4 is 21.6 Å². The Morgan fingerprint density at radius 2 is 1.76 bits per heavy atom. The molecular formula is C18H21FN2O3S. The Balaban J connectivity index is 2.17. The van der Waals surface area contributed by atoms with Gasteiger partial charge < -0.3 is 5.32 Å². The highest BCUT2D eigenvalue weighted by atomic mass is 32.2. The average Bonchev–Trinajstić information content (AvgIpc) is 2.49. The Bertz CT molecular complexity index is 864. The molecule has 0 aliphatic rings. The van der Waals surface area contributed by atoms with Gasteiger partial charge in [0.1, 0.15) is 5.82 Å². The average molecular weight is 364 g/mol. The minimum Gasteiger partial charge on any atom is -0.326 e. The fourth-order valence-electron chi connectivity index (χ4n) is 2.52. The quantitative estimate of drug-likeness (QED) is 0.827. The van der Waals surface area contributed by atoms with Gasteiger partial charge in [0.15, 0.2) is 0 Å². The number of benzene rings is 2. The van der Waals surface area contributed by atoms with Gasteiger partial charge in [-0.2, -0.15) is 0 Å². The van der Waals surface area contributed by atoms with E-state index in [-0.39, 0.29) is 12.3 Å². The first-order valence-corrected chi connectivity index (χ1v) is 9.63. The highest BCUT2D eigenvalue weighted by molar-refractivity contribution is 7.88. The van der Waals surface area contributed by atoms with Crippen LogP contribution in [0.1, 0.15) is 29.2 Å². The van der Waals surface area contributed by atoms with Crippen molar-refractivity contribution in [2.45, 2.75) is 26.3 Å². The highest BCUT2D eigenvalue weighted by Crippen LogP contribution is 2.21. The first-order chi connectivity index (χ1) is 11.6. The maximum atomic E-state index is 13.1. The summed E-state index contributed by atoms with van der Waals surface area (Å²) < 4.78 is 38.7. The summed E-state index contributed by atoms with van der Waals surface area (Å²) in [5.41, 5.74) is 3.19. The summed E-state index contributed by atoms with van der Waals surface area (Å²) in [6.07, 6.45) is 0.914. The number of nitrogens with one attached hydrogen (secondary N) is 2. The molecule has 0 unspecified atom stereocenters. The van der Waals surface area contributed by atoms with Gasteiger partial charge in [0, 0.05) is 12.1 Å². The van der Waals surface area contributed by atoms with Gasteiger partial charge in [0.25, 0.3) is 0 Å². The van der Waals surface area contributed by atoms with Gasteiger partial charge in [-0.05, 0) is 43.2 Å². The number of hydrogen-bond acceptors (Lipinski definition) is 3. The number of halogens is 1. The Morgan fingerprint density at radius 1 is 1.12 bits per heavy atom. The Morgan fingerprint density at radius 3 is 2.32 bits per heavy atom. The van der Waals surface area contributed by atoms with Crippen LogP contribution in [0, 0.1) is 19.7 Å². The molecule has 0 bridgehead atoms. The third kappa shape index (κ3) is 5.95. The molecule has 2 rings (SSSR count). The third-order valence-electron chi connectivity index (χ3n) is 3.67. The monoisotopic (exact) mass is 364 g/mol. The standard InChI is InChI=1S/C18H21FN2O3S/c1-12-4-9-16(13(2)10-12)20-18(22)11-17(21-25(3,23)24)14-5-7-15(19)8-6-14/h4-10,17,21H,11H2,1-3H3,(H,20,22)/t17-/m1/s1. The molecule has 0 heterocycles. The van der Waals surface area contributed by atoms with Gasteiger partial charge in [-0.25, -0.2) is 17.5 Å². The number of carbonyl (C=O) groups is 1. The molecule has 0 aliphatic carbocycles. The first kappa shape index (κ1) is 19.1. The van der Waals surface area contributed by atoms with E-state index >= 15 is 0 Å².